The molecule has 10 nitrogen and oxygen atoms in total. The smallest absolute Gasteiger partial charge is 0.335 e. The summed E-state index contributed by atoms with van der Waals surface area (Å²) in [4.78, 5) is 49.1. The summed E-state index contributed by atoms with van der Waals surface area (Å²) in [6, 6.07) is 7.25. The highest BCUT2D eigenvalue weighted by Gasteiger charge is 2.37. The van der Waals surface area contributed by atoms with Crippen molar-refractivity contribution < 1.29 is 28.8 Å². The predicted molar refractivity (Wildman–Crippen MR) is 125 cm³/mol. The second-order valence-electron chi connectivity index (χ2n) is 7.04. The summed E-state index contributed by atoms with van der Waals surface area (Å²) < 4.78 is 11.1. The van der Waals surface area contributed by atoms with Crippen molar-refractivity contribution in [3.8, 4) is 11.5 Å². The minimum atomic E-state index is -1.01. The van der Waals surface area contributed by atoms with E-state index in [1.54, 1.807) is 24.3 Å². The number of nitro groups is 1. The van der Waals surface area contributed by atoms with Crippen molar-refractivity contribution in [1.82, 2.24) is 5.32 Å². The van der Waals surface area contributed by atoms with Gasteiger partial charge in [0.25, 0.3) is 17.5 Å². The molecule has 0 aromatic heterocycles. The first-order chi connectivity index (χ1) is 16.3. The zero-order chi connectivity index (χ0) is 24.8. The van der Waals surface area contributed by atoms with Gasteiger partial charge in [0.05, 0.1) is 17.7 Å². The molecule has 4 amide bonds. The van der Waals surface area contributed by atoms with Crippen molar-refractivity contribution >= 4 is 35.3 Å². The number of hydrogen-bond acceptors (Lipinski definition) is 7. The van der Waals surface area contributed by atoms with Crippen molar-refractivity contribution in [3.63, 3.8) is 0 Å². The van der Waals surface area contributed by atoms with Gasteiger partial charge < -0.3 is 9.47 Å². The number of non-ortho nitro benzene ring substituents is 1. The van der Waals surface area contributed by atoms with E-state index in [0.29, 0.717) is 33.9 Å². The van der Waals surface area contributed by atoms with Crippen LogP contribution in [0.2, 0.25) is 0 Å². The summed E-state index contributed by atoms with van der Waals surface area (Å²) in [6.45, 7) is 7.59. The van der Waals surface area contributed by atoms with Gasteiger partial charge in [-0.2, -0.15) is 0 Å². The molecule has 1 fully saturated rings. The van der Waals surface area contributed by atoms with Crippen LogP contribution in [0.25, 0.3) is 6.08 Å². The number of anilines is 1. The molecule has 0 unspecified atom stereocenters. The van der Waals surface area contributed by atoms with Crippen LogP contribution in [0, 0.1) is 10.1 Å². The Hall–Kier alpha value is -4.73. The molecular weight excluding hydrogens is 442 g/mol. The third-order valence-corrected chi connectivity index (χ3v) is 4.80. The number of methoxy groups -OCH3 is 1. The minimum absolute atomic E-state index is 0.0480. The first-order valence-corrected chi connectivity index (χ1v) is 10.0. The van der Waals surface area contributed by atoms with E-state index in [1.807, 2.05) is 0 Å². The van der Waals surface area contributed by atoms with E-state index >= 15 is 0 Å². The summed E-state index contributed by atoms with van der Waals surface area (Å²) in [5.41, 5.74) is 0.435. The summed E-state index contributed by atoms with van der Waals surface area (Å²) in [5.74, 6) is -0.987. The Morgan fingerprint density at radius 3 is 2.56 bits per heavy atom. The molecule has 1 aliphatic heterocycles. The first-order valence-electron chi connectivity index (χ1n) is 10.0. The highest BCUT2D eigenvalue weighted by Crippen LogP contribution is 2.35. The maximum atomic E-state index is 13.1. The third-order valence-electron chi connectivity index (χ3n) is 4.80. The topological polar surface area (TPSA) is 128 Å². The molecule has 34 heavy (non-hydrogen) atoms. The van der Waals surface area contributed by atoms with E-state index in [1.165, 1.54) is 31.4 Å². The molecule has 1 saturated heterocycles. The lowest BCUT2D eigenvalue weighted by molar-refractivity contribution is -0.384. The number of benzene rings is 2. The van der Waals surface area contributed by atoms with Crippen LogP contribution in [0.15, 0.2) is 67.3 Å². The molecule has 1 heterocycles. The molecule has 0 atom stereocenters. The quantitative estimate of drug-likeness (QED) is 0.198. The molecule has 1 aliphatic rings. The van der Waals surface area contributed by atoms with Crippen molar-refractivity contribution in [3.05, 3.63) is 88.5 Å². The second-order valence-corrected chi connectivity index (χ2v) is 7.04. The molecule has 10 heteroatoms. The number of hydrogen-bond donors (Lipinski definition) is 1. The molecule has 0 saturated carbocycles. The molecule has 0 aliphatic carbocycles. The predicted octanol–water partition coefficient (Wildman–Crippen LogP) is 3.56. The van der Waals surface area contributed by atoms with Crippen LogP contribution in [-0.4, -0.2) is 36.5 Å². The SMILES string of the molecule is C=CCOc1c(CC=C)cc(/C=C2\C(=O)NC(=O)N(c3cccc([N+](=O)[O-])c3)C2=O)cc1OC. The van der Waals surface area contributed by atoms with Crippen molar-refractivity contribution in [1.29, 1.82) is 0 Å². The number of amides is 4. The van der Waals surface area contributed by atoms with Gasteiger partial charge >= 0.3 is 6.03 Å². The Labute approximate surface area is 194 Å². The van der Waals surface area contributed by atoms with E-state index in [4.69, 9.17) is 9.47 Å². The molecule has 0 bridgehead atoms. The number of carbonyl (C=O) groups is 3. The van der Waals surface area contributed by atoms with E-state index in [9.17, 15) is 24.5 Å². The highest BCUT2D eigenvalue weighted by atomic mass is 16.6. The van der Waals surface area contributed by atoms with E-state index in [0.717, 1.165) is 6.07 Å². The van der Waals surface area contributed by atoms with Crippen molar-refractivity contribution in [2.24, 2.45) is 0 Å². The third kappa shape index (κ3) is 4.85. The van der Waals surface area contributed by atoms with Gasteiger partial charge in [0, 0.05) is 17.7 Å². The minimum Gasteiger partial charge on any atom is -0.493 e. The van der Waals surface area contributed by atoms with Crippen LogP contribution in [0.4, 0.5) is 16.2 Å². The summed E-state index contributed by atoms with van der Waals surface area (Å²) in [5, 5.41) is 13.2. The zero-order valence-electron chi connectivity index (χ0n) is 18.3. The van der Waals surface area contributed by atoms with E-state index < -0.39 is 22.8 Å². The number of allylic oxidation sites excluding steroid dienone is 1. The fourth-order valence-corrected chi connectivity index (χ4v) is 3.34. The van der Waals surface area contributed by atoms with E-state index in [-0.39, 0.29) is 23.6 Å². The summed E-state index contributed by atoms with van der Waals surface area (Å²) >= 11 is 0. The molecule has 174 valence electrons. The van der Waals surface area contributed by atoms with Gasteiger partial charge in [0.2, 0.25) is 0 Å². The summed E-state index contributed by atoms with van der Waals surface area (Å²) in [7, 11) is 1.45. The van der Waals surface area contributed by atoms with Crippen LogP contribution < -0.4 is 19.7 Å². The van der Waals surface area contributed by atoms with Crippen LogP contribution in [0.5, 0.6) is 11.5 Å². The standard InChI is InChI=1S/C24H21N3O7/c1-4-7-16-11-15(13-20(33-3)21(16)34-10-5-2)12-19-22(28)25-24(30)26(23(19)29)17-8-6-9-18(14-17)27(31)32/h4-6,8-9,11-14H,1-2,7,10H2,3H3,(H,25,28,30)/b19-12+. The normalized spacial score (nSPS) is 14.6. The van der Waals surface area contributed by atoms with Gasteiger partial charge in [-0.1, -0.05) is 24.8 Å². The van der Waals surface area contributed by atoms with E-state index in [2.05, 4.69) is 18.5 Å². The summed E-state index contributed by atoms with van der Waals surface area (Å²) in [6.07, 6.45) is 4.96. The molecule has 1 N–H and O–H groups in total. The Bertz CT molecular complexity index is 1230. The highest BCUT2D eigenvalue weighted by molar-refractivity contribution is 6.39. The lowest BCUT2D eigenvalue weighted by Gasteiger charge is -2.26. The number of carbonyl (C=O) groups excluding carboxylic acids is 3. The van der Waals surface area contributed by atoms with Crippen molar-refractivity contribution in [2.45, 2.75) is 6.42 Å². The van der Waals surface area contributed by atoms with Gasteiger partial charge in [-0.3, -0.25) is 25.0 Å². The molecule has 0 spiro atoms. The van der Waals surface area contributed by atoms with Crippen LogP contribution in [0.3, 0.4) is 0 Å². The van der Waals surface area contributed by atoms with Crippen LogP contribution in [0.1, 0.15) is 11.1 Å². The lowest BCUT2D eigenvalue weighted by atomic mass is 10.0. The number of nitro benzene ring substituents is 1. The fraction of sp³-hybridized carbons (Fsp3) is 0.125. The van der Waals surface area contributed by atoms with Gasteiger partial charge in [0.1, 0.15) is 12.2 Å². The number of nitrogens with one attached hydrogen (secondary N) is 1. The Kier molecular flexibility index (Phi) is 7.22. The number of imide groups is 2. The number of ether oxygens (including phenoxy) is 2. The molecule has 2 aromatic carbocycles. The number of barbiturate groups is 1. The molecule has 3 rings (SSSR count). The van der Waals surface area contributed by atoms with Crippen LogP contribution >= 0.6 is 0 Å². The molecular formula is C24H21N3O7. The monoisotopic (exact) mass is 463 g/mol. The largest absolute Gasteiger partial charge is 0.493 e. The maximum Gasteiger partial charge on any atom is 0.335 e. The molecule has 0 radical (unpaired) electrons. The number of nitrogens with zero attached hydrogens (tertiary/aromatic N) is 2. The zero-order valence-corrected chi connectivity index (χ0v) is 18.3. The number of urea groups is 1. The van der Waals surface area contributed by atoms with Gasteiger partial charge in [-0.05, 0) is 36.3 Å². The van der Waals surface area contributed by atoms with Gasteiger partial charge in [-0.25, -0.2) is 9.69 Å². The maximum absolute atomic E-state index is 13.1. The lowest BCUT2D eigenvalue weighted by Crippen LogP contribution is -2.54. The first kappa shape index (κ1) is 23.9. The fourth-order valence-electron chi connectivity index (χ4n) is 3.34. The molecule has 2 aromatic rings. The Morgan fingerprint density at radius 1 is 1.15 bits per heavy atom. The Balaban J connectivity index is 2.07. The Morgan fingerprint density at radius 2 is 1.91 bits per heavy atom. The second kappa shape index (κ2) is 10.3. The number of rotatable bonds is 9. The van der Waals surface area contributed by atoms with Gasteiger partial charge in [0.15, 0.2) is 11.5 Å². The average Bonchev–Trinajstić information content (AvgIpc) is 2.81. The van der Waals surface area contributed by atoms with Gasteiger partial charge in [-0.15, -0.1) is 6.58 Å². The van der Waals surface area contributed by atoms with Crippen LogP contribution in [-0.2, 0) is 16.0 Å². The average molecular weight is 463 g/mol. The van der Waals surface area contributed by atoms with Crippen molar-refractivity contribution in [2.75, 3.05) is 18.6 Å².